The molecule has 18 heavy (non-hydrogen) atoms. The van der Waals surface area contributed by atoms with Crippen LogP contribution >= 0.6 is 11.8 Å². The molecule has 0 amide bonds. The summed E-state index contributed by atoms with van der Waals surface area (Å²) in [6.07, 6.45) is -2.86. The van der Waals surface area contributed by atoms with Crippen LogP contribution in [0.5, 0.6) is 0 Å². The third-order valence-electron chi connectivity index (χ3n) is 2.14. The van der Waals surface area contributed by atoms with Gasteiger partial charge < -0.3 is 5.73 Å². The third kappa shape index (κ3) is 3.16. The molecule has 2 aromatic rings. The number of hydrogen-bond donors (Lipinski definition) is 1. The number of nitrogens with zero attached hydrogens (tertiary/aromatic N) is 1. The van der Waals surface area contributed by atoms with Crippen LogP contribution in [0.2, 0.25) is 0 Å². The summed E-state index contributed by atoms with van der Waals surface area (Å²) in [7, 11) is 0. The van der Waals surface area contributed by atoms with E-state index in [1.54, 1.807) is 18.2 Å². The van der Waals surface area contributed by atoms with Gasteiger partial charge in [0.25, 0.3) is 0 Å². The lowest BCUT2D eigenvalue weighted by molar-refractivity contribution is -0.137. The summed E-state index contributed by atoms with van der Waals surface area (Å²) in [5.74, 6) is 0. The van der Waals surface area contributed by atoms with Gasteiger partial charge in [-0.3, -0.25) is 0 Å². The van der Waals surface area contributed by atoms with E-state index in [9.17, 15) is 13.2 Å². The Morgan fingerprint density at radius 3 is 2.50 bits per heavy atom. The van der Waals surface area contributed by atoms with Gasteiger partial charge in [-0.15, -0.1) is 0 Å². The van der Waals surface area contributed by atoms with Crippen LogP contribution in [0.1, 0.15) is 5.56 Å². The highest BCUT2D eigenvalue weighted by atomic mass is 32.2. The molecular formula is C12H9F3N2S. The van der Waals surface area contributed by atoms with Gasteiger partial charge in [0.2, 0.25) is 0 Å². The summed E-state index contributed by atoms with van der Waals surface area (Å²) in [6.45, 7) is 0. The lowest BCUT2D eigenvalue weighted by atomic mass is 10.2. The van der Waals surface area contributed by atoms with Crippen LogP contribution in [0, 0.1) is 0 Å². The molecule has 0 atom stereocenters. The molecule has 0 radical (unpaired) electrons. The molecule has 0 aliphatic rings. The van der Waals surface area contributed by atoms with Gasteiger partial charge in [-0.1, -0.05) is 17.8 Å². The van der Waals surface area contributed by atoms with Gasteiger partial charge in [0.15, 0.2) is 0 Å². The van der Waals surface area contributed by atoms with Gasteiger partial charge in [-0.2, -0.15) is 13.2 Å². The van der Waals surface area contributed by atoms with Crippen molar-refractivity contribution in [2.75, 3.05) is 5.73 Å². The van der Waals surface area contributed by atoms with Crippen molar-refractivity contribution in [3.05, 3.63) is 48.2 Å². The van der Waals surface area contributed by atoms with Gasteiger partial charge in [-0.05, 0) is 30.3 Å². The second-order valence-electron chi connectivity index (χ2n) is 3.56. The van der Waals surface area contributed by atoms with Crippen LogP contribution in [0.3, 0.4) is 0 Å². The van der Waals surface area contributed by atoms with E-state index in [-0.39, 0.29) is 0 Å². The third-order valence-corrected chi connectivity index (χ3v) is 3.08. The summed E-state index contributed by atoms with van der Waals surface area (Å²) < 4.78 is 37.6. The van der Waals surface area contributed by atoms with Gasteiger partial charge in [-0.25, -0.2) is 4.98 Å². The molecule has 2 N–H and O–H groups in total. The topological polar surface area (TPSA) is 38.9 Å². The fourth-order valence-corrected chi connectivity index (χ4v) is 2.12. The minimum Gasteiger partial charge on any atom is -0.397 e. The first-order valence-electron chi connectivity index (χ1n) is 5.02. The molecule has 0 unspecified atom stereocenters. The summed E-state index contributed by atoms with van der Waals surface area (Å²) >= 11 is 1.16. The Balaban J connectivity index is 2.22. The van der Waals surface area contributed by atoms with E-state index < -0.39 is 11.7 Å². The highest BCUT2D eigenvalue weighted by Crippen LogP contribution is 2.33. The fourth-order valence-electron chi connectivity index (χ4n) is 1.31. The number of hydrogen-bond acceptors (Lipinski definition) is 3. The number of benzene rings is 1. The number of anilines is 1. The lowest BCUT2D eigenvalue weighted by Crippen LogP contribution is -2.04. The molecule has 1 heterocycles. The predicted octanol–water partition coefficient (Wildman–Crippen LogP) is 3.83. The van der Waals surface area contributed by atoms with Crippen LogP contribution in [-0.2, 0) is 6.18 Å². The standard InChI is InChI=1S/C12H9F3N2S/c13-12(14,15)8-2-1-3-10(6-8)18-11-5-4-9(16)7-17-11/h1-7H,16H2. The zero-order chi connectivity index (χ0) is 13.2. The van der Waals surface area contributed by atoms with Gasteiger partial charge in [0.1, 0.15) is 5.03 Å². The van der Waals surface area contributed by atoms with E-state index in [0.717, 1.165) is 23.9 Å². The molecule has 0 saturated heterocycles. The van der Waals surface area contributed by atoms with E-state index in [0.29, 0.717) is 15.6 Å². The number of rotatable bonds is 2. The zero-order valence-corrected chi connectivity index (χ0v) is 9.92. The molecule has 0 fully saturated rings. The molecule has 6 heteroatoms. The average Bonchev–Trinajstić information content (AvgIpc) is 2.31. The molecule has 0 aliphatic carbocycles. The van der Waals surface area contributed by atoms with Gasteiger partial charge in [0, 0.05) is 4.90 Å². The Labute approximate surface area is 106 Å². The molecule has 0 bridgehead atoms. The second kappa shape index (κ2) is 4.89. The Morgan fingerprint density at radius 2 is 1.89 bits per heavy atom. The zero-order valence-electron chi connectivity index (χ0n) is 9.11. The van der Waals surface area contributed by atoms with E-state index in [2.05, 4.69) is 4.98 Å². The van der Waals surface area contributed by atoms with Crippen molar-refractivity contribution in [3.63, 3.8) is 0 Å². The normalized spacial score (nSPS) is 11.5. The van der Waals surface area contributed by atoms with Crippen molar-refractivity contribution in [1.29, 1.82) is 0 Å². The highest BCUT2D eigenvalue weighted by molar-refractivity contribution is 7.99. The molecule has 2 rings (SSSR count). The summed E-state index contributed by atoms with van der Waals surface area (Å²) in [5.41, 5.74) is 5.33. The average molecular weight is 270 g/mol. The van der Waals surface area contributed by atoms with E-state index in [1.807, 2.05) is 0 Å². The van der Waals surface area contributed by atoms with Crippen LogP contribution in [-0.4, -0.2) is 4.98 Å². The number of aromatic nitrogens is 1. The number of nitrogen functional groups attached to an aromatic ring is 1. The van der Waals surface area contributed by atoms with Crippen molar-refractivity contribution < 1.29 is 13.2 Å². The fraction of sp³-hybridized carbons (Fsp3) is 0.0833. The first-order chi connectivity index (χ1) is 8.45. The van der Waals surface area contributed by atoms with Crippen LogP contribution in [0.4, 0.5) is 18.9 Å². The molecule has 94 valence electrons. The number of alkyl halides is 3. The lowest BCUT2D eigenvalue weighted by Gasteiger charge is -2.08. The first-order valence-corrected chi connectivity index (χ1v) is 5.83. The number of nitrogens with two attached hydrogens (primary N) is 1. The summed E-state index contributed by atoms with van der Waals surface area (Å²) in [5, 5.41) is 0.600. The maximum Gasteiger partial charge on any atom is 0.416 e. The Hall–Kier alpha value is -1.69. The molecule has 0 saturated carbocycles. The van der Waals surface area contributed by atoms with Crippen LogP contribution < -0.4 is 5.73 Å². The molecule has 1 aromatic carbocycles. The largest absolute Gasteiger partial charge is 0.416 e. The predicted molar refractivity (Wildman–Crippen MR) is 64.2 cm³/mol. The molecule has 0 spiro atoms. The summed E-state index contributed by atoms with van der Waals surface area (Å²) in [4.78, 5) is 4.51. The minimum atomic E-state index is -4.33. The minimum absolute atomic E-state index is 0.488. The van der Waals surface area contributed by atoms with Crippen LogP contribution in [0.25, 0.3) is 0 Å². The van der Waals surface area contributed by atoms with Crippen molar-refractivity contribution in [3.8, 4) is 0 Å². The molecule has 2 nitrogen and oxygen atoms in total. The van der Waals surface area contributed by atoms with Crippen molar-refractivity contribution >= 4 is 17.4 Å². The van der Waals surface area contributed by atoms with E-state index in [1.165, 1.54) is 12.3 Å². The molecular weight excluding hydrogens is 261 g/mol. The Bertz CT molecular complexity index is 538. The Kier molecular flexibility index (Phi) is 3.47. The van der Waals surface area contributed by atoms with E-state index in [4.69, 9.17) is 5.73 Å². The summed E-state index contributed by atoms with van der Waals surface area (Å²) in [6, 6.07) is 8.45. The van der Waals surface area contributed by atoms with Gasteiger partial charge in [0.05, 0.1) is 17.4 Å². The van der Waals surface area contributed by atoms with Gasteiger partial charge >= 0.3 is 6.18 Å². The first kappa shape index (κ1) is 12.8. The highest BCUT2D eigenvalue weighted by Gasteiger charge is 2.30. The SMILES string of the molecule is Nc1ccc(Sc2cccc(C(F)(F)F)c2)nc1. The quantitative estimate of drug-likeness (QED) is 0.901. The van der Waals surface area contributed by atoms with Crippen molar-refractivity contribution in [1.82, 2.24) is 4.98 Å². The van der Waals surface area contributed by atoms with Crippen molar-refractivity contribution in [2.24, 2.45) is 0 Å². The number of pyridine rings is 1. The van der Waals surface area contributed by atoms with Crippen LogP contribution in [0.15, 0.2) is 52.5 Å². The van der Waals surface area contributed by atoms with E-state index >= 15 is 0 Å². The monoisotopic (exact) mass is 270 g/mol. The number of halogens is 3. The maximum atomic E-state index is 12.5. The smallest absolute Gasteiger partial charge is 0.397 e. The molecule has 0 aliphatic heterocycles. The van der Waals surface area contributed by atoms with Crippen molar-refractivity contribution in [2.45, 2.75) is 16.1 Å². The second-order valence-corrected chi connectivity index (χ2v) is 4.65. The Morgan fingerprint density at radius 1 is 1.11 bits per heavy atom. The molecule has 1 aromatic heterocycles. The maximum absolute atomic E-state index is 12.5.